The van der Waals surface area contributed by atoms with E-state index in [4.69, 9.17) is 4.74 Å². The summed E-state index contributed by atoms with van der Waals surface area (Å²) in [5.74, 6) is 0.598. The third-order valence-corrected chi connectivity index (χ3v) is 3.76. The first-order chi connectivity index (χ1) is 8.87. The van der Waals surface area contributed by atoms with E-state index in [2.05, 4.69) is 25.9 Å². The first-order valence-electron chi connectivity index (χ1n) is 6.35. The summed E-state index contributed by atoms with van der Waals surface area (Å²) in [5, 5.41) is 19.0. The summed E-state index contributed by atoms with van der Waals surface area (Å²) >= 11 is 0. The van der Waals surface area contributed by atoms with Gasteiger partial charge in [-0.3, -0.25) is 0 Å². The fraction of sp³-hybridized carbons (Fsp3) is 0.636. The van der Waals surface area contributed by atoms with Crippen LogP contribution in [0.25, 0.3) is 5.65 Å². The lowest BCUT2D eigenvalue weighted by atomic mass is 10.0. The summed E-state index contributed by atoms with van der Waals surface area (Å²) in [6.45, 7) is 0. The smallest absolute Gasteiger partial charge is 0.233 e. The molecule has 4 rings (SSSR count). The van der Waals surface area contributed by atoms with Crippen LogP contribution in [0.5, 0.6) is 5.88 Å². The third-order valence-electron chi connectivity index (χ3n) is 3.76. The van der Waals surface area contributed by atoms with Gasteiger partial charge < -0.3 is 10.1 Å². The lowest BCUT2D eigenvalue weighted by molar-refractivity contribution is 0.129. The Balaban J connectivity index is 1.53. The molecule has 0 saturated carbocycles. The fourth-order valence-corrected chi connectivity index (χ4v) is 2.97. The Kier molecular flexibility index (Phi) is 2.19. The molecular weight excluding hydrogens is 232 g/mol. The molecule has 2 aliphatic rings. The summed E-state index contributed by atoms with van der Waals surface area (Å²) in [4.78, 5) is 0. The number of rotatable bonds is 2. The van der Waals surface area contributed by atoms with Crippen LogP contribution in [0, 0.1) is 0 Å². The van der Waals surface area contributed by atoms with E-state index < -0.39 is 0 Å². The van der Waals surface area contributed by atoms with Crippen LogP contribution in [0.15, 0.2) is 12.1 Å². The Bertz CT molecular complexity index is 557. The molecule has 2 aliphatic heterocycles. The molecule has 18 heavy (non-hydrogen) atoms. The Morgan fingerprint density at radius 2 is 2.06 bits per heavy atom. The normalized spacial score (nSPS) is 30.8. The molecule has 2 saturated heterocycles. The van der Waals surface area contributed by atoms with E-state index in [0.29, 0.717) is 23.6 Å². The second-order valence-corrected chi connectivity index (χ2v) is 5.05. The van der Waals surface area contributed by atoms with Gasteiger partial charge in [-0.05, 0) is 42.2 Å². The molecule has 1 N–H and O–H groups in total. The number of hydrogen-bond donors (Lipinski definition) is 1. The molecule has 2 fully saturated rings. The molecule has 0 radical (unpaired) electrons. The summed E-state index contributed by atoms with van der Waals surface area (Å²) in [6, 6.07) is 4.88. The fourth-order valence-electron chi connectivity index (χ4n) is 2.97. The van der Waals surface area contributed by atoms with Crippen molar-refractivity contribution in [3.63, 3.8) is 0 Å². The van der Waals surface area contributed by atoms with Crippen molar-refractivity contribution in [2.75, 3.05) is 0 Å². The lowest BCUT2D eigenvalue weighted by Gasteiger charge is -2.28. The number of fused-ring (bicyclic) bond motifs is 3. The van der Waals surface area contributed by atoms with Crippen molar-refractivity contribution in [3.05, 3.63) is 12.1 Å². The van der Waals surface area contributed by atoms with Crippen LogP contribution in [-0.2, 0) is 0 Å². The van der Waals surface area contributed by atoms with Crippen molar-refractivity contribution >= 4 is 5.65 Å². The Morgan fingerprint density at radius 3 is 2.89 bits per heavy atom. The van der Waals surface area contributed by atoms with Gasteiger partial charge in [0.2, 0.25) is 5.88 Å². The van der Waals surface area contributed by atoms with E-state index in [9.17, 15) is 0 Å². The average molecular weight is 246 g/mol. The summed E-state index contributed by atoms with van der Waals surface area (Å²) in [7, 11) is 0. The number of aromatic nitrogens is 5. The van der Waals surface area contributed by atoms with Crippen LogP contribution >= 0.6 is 0 Å². The third kappa shape index (κ3) is 1.71. The topological polar surface area (TPSA) is 77.2 Å². The molecule has 2 unspecified atom stereocenters. The van der Waals surface area contributed by atoms with Crippen molar-refractivity contribution in [1.29, 1.82) is 0 Å². The highest BCUT2D eigenvalue weighted by Crippen LogP contribution is 2.29. The summed E-state index contributed by atoms with van der Waals surface area (Å²) in [5.41, 5.74) is 0.632. The van der Waals surface area contributed by atoms with Crippen molar-refractivity contribution in [2.45, 2.75) is 43.9 Å². The maximum Gasteiger partial charge on any atom is 0.233 e. The number of tetrazole rings is 1. The molecule has 0 amide bonds. The van der Waals surface area contributed by atoms with E-state index in [1.807, 2.05) is 12.1 Å². The molecule has 0 aromatic carbocycles. The Labute approximate surface area is 104 Å². The van der Waals surface area contributed by atoms with Gasteiger partial charge in [0, 0.05) is 18.2 Å². The molecule has 7 nitrogen and oxygen atoms in total. The monoisotopic (exact) mass is 246 g/mol. The highest BCUT2D eigenvalue weighted by molar-refractivity contribution is 5.34. The van der Waals surface area contributed by atoms with Crippen LogP contribution in [0.2, 0.25) is 0 Å². The summed E-state index contributed by atoms with van der Waals surface area (Å²) in [6.07, 6.45) is 4.91. The maximum atomic E-state index is 5.95. The van der Waals surface area contributed by atoms with Crippen LogP contribution in [0.3, 0.4) is 0 Å². The van der Waals surface area contributed by atoms with Gasteiger partial charge in [0.25, 0.3) is 0 Å². The Morgan fingerprint density at radius 1 is 1.22 bits per heavy atom. The van der Waals surface area contributed by atoms with E-state index in [1.165, 1.54) is 17.5 Å². The number of ether oxygens (including phenoxy) is 1. The van der Waals surface area contributed by atoms with Crippen LogP contribution in [0.1, 0.15) is 25.7 Å². The highest BCUT2D eigenvalue weighted by Gasteiger charge is 2.34. The van der Waals surface area contributed by atoms with E-state index in [0.717, 1.165) is 12.8 Å². The van der Waals surface area contributed by atoms with Crippen molar-refractivity contribution in [1.82, 2.24) is 30.6 Å². The molecule has 4 heterocycles. The van der Waals surface area contributed by atoms with Gasteiger partial charge in [0.15, 0.2) is 5.65 Å². The van der Waals surface area contributed by atoms with Crippen LogP contribution < -0.4 is 10.1 Å². The number of nitrogens with one attached hydrogen (secondary N) is 1. The number of nitrogens with zero attached hydrogens (tertiary/aromatic N) is 5. The highest BCUT2D eigenvalue weighted by atomic mass is 16.5. The second-order valence-electron chi connectivity index (χ2n) is 5.05. The number of hydrogen-bond acceptors (Lipinski definition) is 6. The molecule has 0 spiro atoms. The molecule has 94 valence electrons. The predicted molar refractivity (Wildman–Crippen MR) is 62.2 cm³/mol. The minimum absolute atomic E-state index is 0.255. The molecule has 2 atom stereocenters. The van der Waals surface area contributed by atoms with E-state index in [-0.39, 0.29) is 6.10 Å². The minimum Gasteiger partial charge on any atom is -0.473 e. The van der Waals surface area contributed by atoms with Gasteiger partial charge in [0.1, 0.15) is 6.10 Å². The van der Waals surface area contributed by atoms with Gasteiger partial charge in [-0.2, -0.15) is 0 Å². The van der Waals surface area contributed by atoms with Crippen LogP contribution in [0.4, 0.5) is 0 Å². The SMILES string of the molecule is c1cc2nnnn2nc1OC1CC2CCC(C1)N2. The zero-order valence-corrected chi connectivity index (χ0v) is 9.86. The zero-order chi connectivity index (χ0) is 11.9. The second kappa shape index (κ2) is 3.88. The first kappa shape index (κ1) is 10.2. The zero-order valence-electron chi connectivity index (χ0n) is 9.86. The quantitative estimate of drug-likeness (QED) is 0.814. The molecule has 2 aromatic heterocycles. The average Bonchev–Trinajstić information content (AvgIpc) is 2.95. The lowest BCUT2D eigenvalue weighted by Crippen LogP contribution is -2.42. The predicted octanol–water partition coefficient (Wildman–Crippen LogP) is 0.181. The molecule has 2 aromatic rings. The van der Waals surface area contributed by atoms with Gasteiger partial charge in [-0.1, -0.05) is 0 Å². The Hall–Kier alpha value is -1.76. The molecule has 0 aliphatic carbocycles. The van der Waals surface area contributed by atoms with Gasteiger partial charge in [-0.25, -0.2) is 0 Å². The van der Waals surface area contributed by atoms with Crippen molar-refractivity contribution in [2.24, 2.45) is 0 Å². The molecule has 2 bridgehead atoms. The van der Waals surface area contributed by atoms with Crippen molar-refractivity contribution in [3.8, 4) is 5.88 Å². The van der Waals surface area contributed by atoms with E-state index in [1.54, 1.807) is 0 Å². The molecular formula is C11H14N6O. The van der Waals surface area contributed by atoms with Crippen LogP contribution in [-0.4, -0.2) is 43.4 Å². The first-order valence-corrected chi connectivity index (χ1v) is 6.35. The van der Waals surface area contributed by atoms with Gasteiger partial charge in [0.05, 0.1) is 0 Å². The largest absolute Gasteiger partial charge is 0.473 e. The minimum atomic E-state index is 0.255. The maximum absolute atomic E-state index is 5.95. The standard InChI is InChI=1S/C11H14N6O/c1-2-8-6-9(5-7(1)12-8)18-11-4-3-10-13-15-16-17(10)14-11/h3-4,7-9,12H,1-2,5-6H2. The molecule has 7 heteroatoms. The van der Waals surface area contributed by atoms with Crippen molar-refractivity contribution < 1.29 is 4.74 Å². The number of piperidine rings is 1. The summed E-state index contributed by atoms with van der Waals surface area (Å²) < 4.78 is 7.34. The van der Waals surface area contributed by atoms with E-state index >= 15 is 0 Å². The van der Waals surface area contributed by atoms with Gasteiger partial charge in [-0.15, -0.1) is 14.8 Å². The van der Waals surface area contributed by atoms with Gasteiger partial charge >= 0.3 is 0 Å².